The molecule has 8 heteroatoms. The minimum Gasteiger partial charge on any atom is -0.497 e. The lowest BCUT2D eigenvalue weighted by atomic mass is 10.2. The Kier molecular flexibility index (Phi) is 4.37. The Balaban J connectivity index is 1.56. The minimum absolute atomic E-state index is 0.387. The summed E-state index contributed by atoms with van der Waals surface area (Å²) in [5, 5.41) is 13.8. The standard InChI is InChI=1S/C17H13BrN4O2S/c1-23-13-6-2-11(3-7-13)16-19-20-17-22(16)21-15(25-17)10-24-14-8-4-12(18)5-9-14/h2-9H,10H2,1H3. The second-order valence-corrected chi connectivity index (χ2v) is 7.14. The third-order valence-corrected chi connectivity index (χ3v) is 4.96. The first-order valence-electron chi connectivity index (χ1n) is 7.47. The van der Waals surface area contributed by atoms with Crippen LogP contribution >= 0.6 is 27.3 Å². The molecular weight excluding hydrogens is 404 g/mol. The molecule has 0 aliphatic carbocycles. The summed E-state index contributed by atoms with van der Waals surface area (Å²) in [4.78, 5) is 0.736. The number of aromatic nitrogens is 4. The minimum atomic E-state index is 0.387. The van der Waals surface area contributed by atoms with Crippen LogP contribution in [-0.4, -0.2) is 26.9 Å². The zero-order valence-corrected chi connectivity index (χ0v) is 15.6. The van der Waals surface area contributed by atoms with Gasteiger partial charge in [0.05, 0.1) is 7.11 Å². The van der Waals surface area contributed by atoms with Crippen molar-refractivity contribution in [1.82, 2.24) is 19.8 Å². The van der Waals surface area contributed by atoms with E-state index in [2.05, 4.69) is 31.2 Å². The van der Waals surface area contributed by atoms with Gasteiger partial charge in [-0.05, 0) is 48.5 Å². The van der Waals surface area contributed by atoms with Gasteiger partial charge < -0.3 is 9.47 Å². The second kappa shape index (κ2) is 6.81. The molecule has 0 bridgehead atoms. The number of halogens is 1. The van der Waals surface area contributed by atoms with Gasteiger partial charge in [-0.25, -0.2) is 0 Å². The van der Waals surface area contributed by atoms with Gasteiger partial charge in [0, 0.05) is 10.0 Å². The molecule has 4 aromatic rings. The van der Waals surface area contributed by atoms with E-state index in [-0.39, 0.29) is 0 Å². The normalized spacial score (nSPS) is 11.0. The van der Waals surface area contributed by atoms with Crippen LogP contribution in [0, 0.1) is 0 Å². The Hall–Kier alpha value is -2.45. The Morgan fingerprint density at radius 1 is 1.00 bits per heavy atom. The van der Waals surface area contributed by atoms with Crippen LogP contribution < -0.4 is 9.47 Å². The monoisotopic (exact) mass is 416 g/mol. The maximum Gasteiger partial charge on any atom is 0.235 e. The molecule has 0 aliphatic rings. The molecule has 0 N–H and O–H groups in total. The first-order chi connectivity index (χ1) is 12.2. The van der Waals surface area contributed by atoms with Crippen LogP contribution in [0.2, 0.25) is 0 Å². The van der Waals surface area contributed by atoms with Gasteiger partial charge >= 0.3 is 0 Å². The van der Waals surface area contributed by atoms with E-state index in [9.17, 15) is 0 Å². The van der Waals surface area contributed by atoms with E-state index in [1.165, 1.54) is 11.3 Å². The number of methoxy groups -OCH3 is 1. The largest absolute Gasteiger partial charge is 0.497 e. The van der Waals surface area contributed by atoms with Crippen molar-refractivity contribution in [2.24, 2.45) is 0 Å². The highest BCUT2D eigenvalue weighted by Gasteiger charge is 2.13. The molecule has 2 aromatic carbocycles. The van der Waals surface area contributed by atoms with Crippen molar-refractivity contribution < 1.29 is 9.47 Å². The lowest BCUT2D eigenvalue weighted by Crippen LogP contribution is -1.97. The Labute approximate surface area is 156 Å². The molecule has 126 valence electrons. The van der Waals surface area contributed by atoms with Crippen LogP contribution in [0.4, 0.5) is 0 Å². The van der Waals surface area contributed by atoms with Gasteiger partial charge in [0.25, 0.3) is 0 Å². The smallest absolute Gasteiger partial charge is 0.235 e. The topological polar surface area (TPSA) is 61.5 Å². The van der Waals surface area contributed by atoms with Crippen molar-refractivity contribution in [2.75, 3.05) is 7.11 Å². The SMILES string of the molecule is COc1ccc(-c2nnc3sc(COc4ccc(Br)cc4)nn23)cc1. The highest BCUT2D eigenvalue weighted by molar-refractivity contribution is 9.10. The van der Waals surface area contributed by atoms with E-state index in [4.69, 9.17) is 9.47 Å². The molecule has 0 radical (unpaired) electrons. The van der Waals surface area contributed by atoms with Crippen molar-refractivity contribution in [3.8, 4) is 22.9 Å². The van der Waals surface area contributed by atoms with E-state index < -0.39 is 0 Å². The zero-order valence-electron chi connectivity index (χ0n) is 13.2. The van der Waals surface area contributed by atoms with E-state index in [0.29, 0.717) is 12.4 Å². The second-order valence-electron chi connectivity index (χ2n) is 5.18. The van der Waals surface area contributed by atoms with Crippen molar-refractivity contribution in [1.29, 1.82) is 0 Å². The fourth-order valence-electron chi connectivity index (χ4n) is 2.31. The van der Waals surface area contributed by atoms with Gasteiger partial charge in [0.15, 0.2) is 10.8 Å². The number of nitrogens with zero attached hydrogens (tertiary/aromatic N) is 4. The molecule has 4 rings (SSSR count). The van der Waals surface area contributed by atoms with Crippen LogP contribution in [-0.2, 0) is 6.61 Å². The van der Waals surface area contributed by atoms with E-state index in [1.54, 1.807) is 11.6 Å². The Morgan fingerprint density at radius 2 is 1.72 bits per heavy atom. The first kappa shape index (κ1) is 16.0. The predicted molar refractivity (Wildman–Crippen MR) is 99.1 cm³/mol. The van der Waals surface area contributed by atoms with Crippen molar-refractivity contribution in [3.63, 3.8) is 0 Å². The molecule has 6 nitrogen and oxygen atoms in total. The summed E-state index contributed by atoms with van der Waals surface area (Å²) in [5.41, 5.74) is 0.930. The Morgan fingerprint density at radius 3 is 2.44 bits per heavy atom. The highest BCUT2D eigenvalue weighted by atomic mass is 79.9. The lowest BCUT2D eigenvalue weighted by Gasteiger charge is -2.03. The summed E-state index contributed by atoms with van der Waals surface area (Å²) in [7, 11) is 1.64. The van der Waals surface area contributed by atoms with Crippen molar-refractivity contribution >= 4 is 32.2 Å². The quantitative estimate of drug-likeness (QED) is 0.487. The van der Waals surface area contributed by atoms with Crippen LogP contribution in [0.5, 0.6) is 11.5 Å². The van der Waals surface area contributed by atoms with Gasteiger partial charge in [-0.1, -0.05) is 27.3 Å². The molecular formula is C17H13BrN4O2S. The predicted octanol–water partition coefficient (Wildman–Crippen LogP) is 4.20. The maximum absolute atomic E-state index is 5.77. The first-order valence-corrected chi connectivity index (χ1v) is 9.08. The summed E-state index contributed by atoms with van der Waals surface area (Å²) in [6, 6.07) is 15.4. The fourth-order valence-corrected chi connectivity index (χ4v) is 3.32. The molecule has 0 aliphatic heterocycles. The van der Waals surface area contributed by atoms with Crippen molar-refractivity contribution in [3.05, 3.63) is 58.0 Å². The summed E-state index contributed by atoms with van der Waals surface area (Å²) < 4.78 is 13.7. The summed E-state index contributed by atoms with van der Waals surface area (Å²) in [6.45, 7) is 0.387. The number of benzene rings is 2. The summed E-state index contributed by atoms with van der Waals surface area (Å²) in [6.07, 6.45) is 0. The molecule has 0 spiro atoms. The molecule has 0 amide bonds. The average Bonchev–Trinajstić information content (AvgIpc) is 3.21. The fraction of sp³-hybridized carbons (Fsp3) is 0.118. The van der Waals surface area contributed by atoms with Gasteiger partial charge in [-0.2, -0.15) is 9.61 Å². The third-order valence-electron chi connectivity index (χ3n) is 3.56. The molecule has 2 aromatic heterocycles. The van der Waals surface area contributed by atoms with Gasteiger partial charge in [0.1, 0.15) is 18.1 Å². The van der Waals surface area contributed by atoms with Crippen molar-refractivity contribution in [2.45, 2.75) is 6.61 Å². The molecule has 0 saturated heterocycles. The third kappa shape index (κ3) is 3.35. The average molecular weight is 417 g/mol. The molecule has 2 heterocycles. The van der Waals surface area contributed by atoms with Crippen LogP contribution in [0.25, 0.3) is 16.3 Å². The number of hydrogen-bond acceptors (Lipinski definition) is 6. The van der Waals surface area contributed by atoms with Gasteiger partial charge in [-0.3, -0.25) is 0 Å². The Bertz CT molecular complexity index is 996. The van der Waals surface area contributed by atoms with E-state index in [1.807, 2.05) is 48.5 Å². The van der Waals surface area contributed by atoms with E-state index in [0.717, 1.165) is 31.5 Å². The van der Waals surface area contributed by atoms with Gasteiger partial charge in [0.2, 0.25) is 4.96 Å². The molecule has 0 fully saturated rings. The number of hydrogen-bond donors (Lipinski definition) is 0. The number of rotatable bonds is 5. The van der Waals surface area contributed by atoms with Crippen LogP contribution in [0.3, 0.4) is 0 Å². The zero-order chi connectivity index (χ0) is 17.2. The molecule has 25 heavy (non-hydrogen) atoms. The van der Waals surface area contributed by atoms with E-state index >= 15 is 0 Å². The van der Waals surface area contributed by atoms with Gasteiger partial charge in [-0.15, -0.1) is 10.2 Å². The molecule has 0 unspecified atom stereocenters. The summed E-state index contributed by atoms with van der Waals surface area (Å²) in [5.74, 6) is 2.29. The number of fused-ring (bicyclic) bond motifs is 1. The lowest BCUT2D eigenvalue weighted by molar-refractivity contribution is 0.304. The highest BCUT2D eigenvalue weighted by Crippen LogP contribution is 2.24. The van der Waals surface area contributed by atoms with Crippen LogP contribution in [0.15, 0.2) is 53.0 Å². The maximum atomic E-state index is 5.77. The molecule has 0 saturated carbocycles. The molecule has 0 atom stereocenters. The number of ether oxygens (including phenoxy) is 2. The summed E-state index contributed by atoms with van der Waals surface area (Å²) >= 11 is 4.87. The van der Waals surface area contributed by atoms with Crippen LogP contribution in [0.1, 0.15) is 5.01 Å².